The quantitative estimate of drug-likeness (QED) is 0.544. The number of hydrogen-bond acceptors (Lipinski definition) is 1. The van der Waals surface area contributed by atoms with Gasteiger partial charge in [0.15, 0.2) is 0 Å². The largest absolute Gasteiger partial charge is 0.497 e. The summed E-state index contributed by atoms with van der Waals surface area (Å²) in [6.45, 7) is 6.89. The molecule has 1 heteroatoms. The fourth-order valence-electron chi connectivity index (χ4n) is 0.676. The van der Waals surface area contributed by atoms with Crippen LogP contribution in [0.3, 0.4) is 0 Å². The normalized spacial score (nSPS) is 14.5. The molecule has 1 aliphatic heterocycles. The monoisotopic (exact) mass is 140 g/mol. The van der Waals surface area contributed by atoms with Crippen LogP contribution in [0.15, 0.2) is 24.0 Å². The number of ether oxygens (including phenoxy) is 1. The van der Waals surface area contributed by atoms with Crippen molar-refractivity contribution in [2.24, 2.45) is 0 Å². The fourth-order valence-corrected chi connectivity index (χ4v) is 0.676. The molecule has 0 aliphatic carbocycles. The van der Waals surface area contributed by atoms with Gasteiger partial charge in [0.1, 0.15) is 6.61 Å². The Bertz CT molecular complexity index is 123. The Morgan fingerprint density at radius 2 is 2.20 bits per heavy atom. The van der Waals surface area contributed by atoms with Crippen molar-refractivity contribution in [3.8, 4) is 0 Å². The van der Waals surface area contributed by atoms with Crippen LogP contribution in [0.25, 0.3) is 0 Å². The molecule has 0 amide bonds. The van der Waals surface area contributed by atoms with Gasteiger partial charge in [-0.1, -0.05) is 20.8 Å². The van der Waals surface area contributed by atoms with Crippen molar-refractivity contribution >= 4 is 0 Å². The first-order valence-electron chi connectivity index (χ1n) is 3.90. The van der Waals surface area contributed by atoms with Gasteiger partial charge in [0, 0.05) is 0 Å². The lowest BCUT2D eigenvalue weighted by molar-refractivity contribution is 0.284. The van der Waals surface area contributed by atoms with Gasteiger partial charge < -0.3 is 4.74 Å². The van der Waals surface area contributed by atoms with Gasteiger partial charge in [-0.3, -0.25) is 0 Å². The van der Waals surface area contributed by atoms with Gasteiger partial charge in [0.25, 0.3) is 0 Å². The second-order valence-corrected chi connectivity index (χ2v) is 1.77. The molecule has 58 valence electrons. The molecule has 1 nitrogen and oxygen atoms in total. The lowest BCUT2D eigenvalue weighted by Crippen LogP contribution is -1.90. The van der Waals surface area contributed by atoms with E-state index in [2.05, 4.69) is 13.0 Å². The predicted octanol–water partition coefficient (Wildman–Crippen LogP) is 2.89. The van der Waals surface area contributed by atoms with Crippen LogP contribution in [-0.4, -0.2) is 6.61 Å². The third-order valence-electron chi connectivity index (χ3n) is 1.23. The van der Waals surface area contributed by atoms with Crippen LogP contribution in [0.2, 0.25) is 0 Å². The average molecular weight is 140 g/mol. The van der Waals surface area contributed by atoms with Gasteiger partial charge >= 0.3 is 0 Å². The van der Waals surface area contributed by atoms with Crippen LogP contribution in [-0.2, 0) is 4.74 Å². The summed E-state index contributed by atoms with van der Waals surface area (Å²) in [4.78, 5) is 0. The highest BCUT2D eigenvalue weighted by molar-refractivity contribution is 5.18. The molecule has 0 spiro atoms. The first-order valence-corrected chi connectivity index (χ1v) is 3.90. The lowest BCUT2D eigenvalue weighted by atomic mass is 10.2. The highest BCUT2D eigenvalue weighted by atomic mass is 16.5. The fraction of sp³-hybridized carbons (Fsp3) is 0.556. The molecule has 0 N–H and O–H groups in total. The van der Waals surface area contributed by atoms with Crippen molar-refractivity contribution in [1.82, 2.24) is 0 Å². The molecule has 10 heavy (non-hydrogen) atoms. The van der Waals surface area contributed by atoms with Crippen LogP contribution in [0.4, 0.5) is 0 Å². The van der Waals surface area contributed by atoms with E-state index in [1.54, 1.807) is 6.26 Å². The molecule has 0 unspecified atom stereocenters. The standard InChI is InChI=1S/C7H10O.C2H6/c1-2-7-3-5-8-6-4-7;1-2/h3-5H,2,6H2,1H3;1-2H3. The van der Waals surface area contributed by atoms with Gasteiger partial charge in [-0.05, 0) is 24.1 Å². The lowest BCUT2D eigenvalue weighted by Gasteiger charge is -2.03. The average Bonchev–Trinajstić information content (AvgIpc) is 2.10. The molecule has 0 bridgehead atoms. The van der Waals surface area contributed by atoms with Crippen molar-refractivity contribution in [1.29, 1.82) is 0 Å². The molecule has 0 saturated carbocycles. The van der Waals surface area contributed by atoms with E-state index in [4.69, 9.17) is 4.74 Å². The van der Waals surface area contributed by atoms with E-state index >= 15 is 0 Å². The topological polar surface area (TPSA) is 9.23 Å². The zero-order valence-corrected chi connectivity index (χ0v) is 7.05. The molecule has 0 radical (unpaired) electrons. The first kappa shape index (κ1) is 9.28. The summed E-state index contributed by atoms with van der Waals surface area (Å²) in [6.07, 6.45) is 6.96. The van der Waals surface area contributed by atoms with Gasteiger partial charge in [-0.25, -0.2) is 0 Å². The van der Waals surface area contributed by atoms with Crippen LogP contribution < -0.4 is 0 Å². The summed E-state index contributed by atoms with van der Waals surface area (Å²) >= 11 is 0. The van der Waals surface area contributed by atoms with Crippen molar-refractivity contribution in [2.45, 2.75) is 27.2 Å². The van der Waals surface area contributed by atoms with E-state index in [-0.39, 0.29) is 0 Å². The molecular weight excluding hydrogens is 124 g/mol. The van der Waals surface area contributed by atoms with Crippen molar-refractivity contribution in [3.63, 3.8) is 0 Å². The molecule has 0 fully saturated rings. The molecule has 1 aliphatic rings. The molecule has 1 rings (SSSR count). The molecule has 0 aromatic heterocycles. The molecule has 0 aromatic carbocycles. The van der Waals surface area contributed by atoms with E-state index in [1.807, 2.05) is 19.9 Å². The summed E-state index contributed by atoms with van der Waals surface area (Å²) in [7, 11) is 0. The van der Waals surface area contributed by atoms with Crippen LogP contribution in [0.1, 0.15) is 27.2 Å². The van der Waals surface area contributed by atoms with E-state index in [1.165, 1.54) is 5.57 Å². The third-order valence-corrected chi connectivity index (χ3v) is 1.23. The van der Waals surface area contributed by atoms with Gasteiger partial charge in [-0.2, -0.15) is 0 Å². The van der Waals surface area contributed by atoms with Crippen LogP contribution in [0.5, 0.6) is 0 Å². The molecule has 0 saturated heterocycles. The maximum atomic E-state index is 4.94. The Balaban J connectivity index is 0.000000371. The zero-order valence-electron chi connectivity index (χ0n) is 7.05. The summed E-state index contributed by atoms with van der Waals surface area (Å²) in [5.41, 5.74) is 1.37. The Morgan fingerprint density at radius 3 is 2.50 bits per heavy atom. The van der Waals surface area contributed by atoms with E-state index < -0.39 is 0 Å². The molecule has 0 atom stereocenters. The predicted molar refractivity (Wildman–Crippen MR) is 44.8 cm³/mol. The van der Waals surface area contributed by atoms with Crippen molar-refractivity contribution in [2.75, 3.05) is 6.61 Å². The summed E-state index contributed by atoms with van der Waals surface area (Å²) < 4.78 is 4.94. The highest BCUT2D eigenvalue weighted by Gasteiger charge is 1.91. The molecular formula is C9H16O. The smallest absolute Gasteiger partial charge is 0.106 e. The minimum Gasteiger partial charge on any atom is -0.497 e. The Hall–Kier alpha value is -0.720. The van der Waals surface area contributed by atoms with Gasteiger partial charge in [0.2, 0.25) is 0 Å². The van der Waals surface area contributed by atoms with Crippen LogP contribution >= 0.6 is 0 Å². The third kappa shape index (κ3) is 3.33. The Kier molecular flexibility index (Phi) is 5.94. The minimum atomic E-state index is 0.750. The van der Waals surface area contributed by atoms with E-state index in [0.717, 1.165) is 13.0 Å². The maximum absolute atomic E-state index is 4.94. The number of hydrogen-bond donors (Lipinski definition) is 0. The molecule has 0 aromatic rings. The van der Waals surface area contributed by atoms with Crippen molar-refractivity contribution in [3.05, 3.63) is 24.0 Å². The van der Waals surface area contributed by atoms with Crippen LogP contribution in [0, 0.1) is 0 Å². The maximum Gasteiger partial charge on any atom is 0.106 e. The SMILES string of the molecule is CC.CCC1=CCOC=C1. The van der Waals surface area contributed by atoms with E-state index in [0.29, 0.717) is 0 Å². The summed E-state index contributed by atoms with van der Waals surface area (Å²) in [5, 5.41) is 0. The summed E-state index contributed by atoms with van der Waals surface area (Å²) in [6, 6.07) is 0. The highest BCUT2D eigenvalue weighted by Crippen LogP contribution is 2.05. The Labute approximate surface area is 63.4 Å². The number of allylic oxidation sites excluding steroid dienone is 2. The van der Waals surface area contributed by atoms with Gasteiger partial charge in [0.05, 0.1) is 6.26 Å². The summed E-state index contributed by atoms with van der Waals surface area (Å²) in [5.74, 6) is 0. The second-order valence-electron chi connectivity index (χ2n) is 1.77. The zero-order chi connectivity index (χ0) is 7.82. The van der Waals surface area contributed by atoms with E-state index in [9.17, 15) is 0 Å². The number of rotatable bonds is 1. The van der Waals surface area contributed by atoms with Gasteiger partial charge in [-0.15, -0.1) is 0 Å². The van der Waals surface area contributed by atoms with Crippen molar-refractivity contribution < 1.29 is 4.74 Å². The minimum absolute atomic E-state index is 0.750. The first-order chi connectivity index (χ1) is 4.93. The second kappa shape index (κ2) is 6.40. The Morgan fingerprint density at radius 1 is 1.50 bits per heavy atom. The molecule has 1 heterocycles.